The number of methoxy groups -OCH3 is 1. The first-order chi connectivity index (χ1) is 18.4. The molecule has 0 radical (unpaired) electrons. The fourth-order valence-electron chi connectivity index (χ4n) is 4.14. The molecule has 0 bridgehead atoms. The number of nitrogens with one attached hydrogen (secondary N) is 2. The Bertz CT molecular complexity index is 1730. The standard InChI is InChI=1S/C28H23ClN6O2S/c1-37-22-7-3-5-18(11-22)26-24(13-30)27(36)34-28(33-26)38-16-17-4-2-6-21(10-17)35(31)15-19-14-32-25-9-8-20(29)12-23(19)25/h2-12,14,32H,15-16,31H2,1H3,(H,33,34,36). The van der Waals surface area contributed by atoms with Crippen LogP contribution in [-0.4, -0.2) is 22.1 Å². The summed E-state index contributed by atoms with van der Waals surface area (Å²) in [6.45, 7) is 0.491. The van der Waals surface area contributed by atoms with Crippen molar-refractivity contribution in [2.45, 2.75) is 17.5 Å². The highest BCUT2D eigenvalue weighted by Crippen LogP contribution is 2.28. The van der Waals surface area contributed by atoms with Crippen molar-refractivity contribution in [2.75, 3.05) is 12.1 Å². The Kier molecular flexibility index (Phi) is 7.38. The molecule has 0 amide bonds. The summed E-state index contributed by atoms with van der Waals surface area (Å²) in [6.07, 6.45) is 1.94. The number of aromatic amines is 2. The summed E-state index contributed by atoms with van der Waals surface area (Å²) in [7, 11) is 1.56. The minimum absolute atomic E-state index is 0.0399. The molecule has 0 aliphatic carbocycles. The first-order valence-electron chi connectivity index (χ1n) is 11.6. The van der Waals surface area contributed by atoms with E-state index in [4.69, 9.17) is 22.2 Å². The number of hydrogen-bond acceptors (Lipinski definition) is 7. The number of nitrogens with zero attached hydrogens (tertiary/aromatic N) is 3. The van der Waals surface area contributed by atoms with Crippen molar-refractivity contribution in [2.24, 2.45) is 5.84 Å². The average molecular weight is 543 g/mol. The summed E-state index contributed by atoms with van der Waals surface area (Å²) in [5.41, 5.74) is 4.31. The summed E-state index contributed by atoms with van der Waals surface area (Å²) in [4.78, 5) is 23.2. The molecule has 8 nitrogen and oxygen atoms in total. The van der Waals surface area contributed by atoms with Gasteiger partial charge in [0, 0.05) is 33.4 Å². The average Bonchev–Trinajstić information content (AvgIpc) is 3.33. The van der Waals surface area contributed by atoms with E-state index in [-0.39, 0.29) is 5.56 Å². The lowest BCUT2D eigenvalue weighted by Gasteiger charge is -2.19. The largest absolute Gasteiger partial charge is 0.497 e. The molecular formula is C28H23ClN6O2S. The summed E-state index contributed by atoms with van der Waals surface area (Å²) < 4.78 is 5.28. The van der Waals surface area contributed by atoms with Crippen molar-refractivity contribution >= 4 is 40.0 Å². The van der Waals surface area contributed by atoms with Gasteiger partial charge in [-0.1, -0.05) is 47.6 Å². The molecular weight excluding hydrogens is 520 g/mol. The van der Waals surface area contributed by atoms with Gasteiger partial charge in [0.25, 0.3) is 5.56 Å². The maximum absolute atomic E-state index is 12.6. The van der Waals surface area contributed by atoms with Crippen LogP contribution in [0.3, 0.4) is 0 Å². The van der Waals surface area contributed by atoms with Gasteiger partial charge in [-0.3, -0.25) is 4.79 Å². The van der Waals surface area contributed by atoms with Crippen molar-refractivity contribution in [1.82, 2.24) is 15.0 Å². The van der Waals surface area contributed by atoms with Crippen LogP contribution in [0.25, 0.3) is 22.2 Å². The van der Waals surface area contributed by atoms with E-state index >= 15 is 0 Å². The molecule has 2 aromatic heterocycles. The first-order valence-corrected chi connectivity index (χ1v) is 13.0. The number of anilines is 1. The smallest absolute Gasteiger partial charge is 0.270 e. The van der Waals surface area contributed by atoms with Gasteiger partial charge in [0.05, 0.1) is 25.0 Å². The van der Waals surface area contributed by atoms with Crippen LogP contribution in [0.2, 0.25) is 5.02 Å². The number of benzene rings is 3. The van der Waals surface area contributed by atoms with E-state index in [1.165, 1.54) is 11.8 Å². The van der Waals surface area contributed by atoms with Gasteiger partial charge in [0.1, 0.15) is 17.4 Å². The number of aromatic nitrogens is 3. The van der Waals surface area contributed by atoms with Gasteiger partial charge in [0.2, 0.25) is 0 Å². The molecule has 0 aliphatic heterocycles. The number of halogens is 1. The molecule has 0 saturated heterocycles. The highest BCUT2D eigenvalue weighted by Gasteiger charge is 2.15. The van der Waals surface area contributed by atoms with Gasteiger partial charge in [-0.25, -0.2) is 10.8 Å². The molecule has 38 heavy (non-hydrogen) atoms. The van der Waals surface area contributed by atoms with Gasteiger partial charge >= 0.3 is 0 Å². The number of nitrogens with two attached hydrogens (primary N) is 1. The zero-order chi connectivity index (χ0) is 26.6. The van der Waals surface area contributed by atoms with Crippen LogP contribution < -0.4 is 21.1 Å². The van der Waals surface area contributed by atoms with Crippen LogP contribution in [0.15, 0.2) is 82.9 Å². The Labute approximate surface area is 228 Å². The van der Waals surface area contributed by atoms with Gasteiger partial charge in [-0.2, -0.15) is 5.26 Å². The summed E-state index contributed by atoms with van der Waals surface area (Å²) in [6, 6.07) is 22.7. The maximum Gasteiger partial charge on any atom is 0.270 e. The highest BCUT2D eigenvalue weighted by molar-refractivity contribution is 7.98. The lowest BCUT2D eigenvalue weighted by atomic mass is 10.1. The summed E-state index contributed by atoms with van der Waals surface area (Å²) in [5, 5.41) is 13.4. The summed E-state index contributed by atoms with van der Waals surface area (Å²) >= 11 is 7.55. The predicted molar refractivity (Wildman–Crippen MR) is 151 cm³/mol. The number of nitriles is 1. The Morgan fingerprint density at radius 3 is 2.82 bits per heavy atom. The monoisotopic (exact) mass is 542 g/mol. The third-order valence-electron chi connectivity index (χ3n) is 6.04. The van der Waals surface area contributed by atoms with Gasteiger partial charge in [-0.05, 0) is 53.6 Å². The molecule has 4 N–H and O–H groups in total. The maximum atomic E-state index is 12.6. The van der Waals surface area contributed by atoms with E-state index in [0.717, 1.165) is 27.7 Å². The minimum Gasteiger partial charge on any atom is -0.497 e. The van der Waals surface area contributed by atoms with Crippen LogP contribution in [0, 0.1) is 11.3 Å². The second kappa shape index (κ2) is 11.0. The second-order valence-electron chi connectivity index (χ2n) is 8.53. The molecule has 10 heteroatoms. The second-order valence-corrected chi connectivity index (χ2v) is 9.93. The number of thioether (sulfide) groups is 1. The molecule has 3 aromatic carbocycles. The molecule has 5 rings (SSSR count). The van der Waals surface area contributed by atoms with Crippen molar-refractivity contribution in [1.29, 1.82) is 5.26 Å². The first kappa shape index (κ1) is 25.4. The van der Waals surface area contributed by atoms with E-state index in [2.05, 4.69) is 15.0 Å². The van der Waals surface area contributed by atoms with Gasteiger partial charge in [0.15, 0.2) is 5.16 Å². The number of hydrazine groups is 1. The van der Waals surface area contributed by atoms with E-state index < -0.39 is 5.56 Å². The topological polar surface area (TPSA) is 124 Å². The Hall–Kier alpha value is -4.23. The third kappa shape index (κ3) is 5.38. The lowest BCUT2D eigenvalue weighted by Crippen LogP contribution is -2.30. The van der Waals surface area contributed by atoms with E-state index in [1.54, 1.807) is 36.4 Å². The van der Waals surface area contributed by atoms with Crippen LogP contribution >= 0.6 is 23.4 Å². The van der Waals surface area contributed by atoms with Gasteiger partial charge < -0.3 is 19.7 Å². The Morgan fingerprint density at radius 1 is 1.16 bits per heavy atom. The quantitative estimate of drug-likeness (QED) is 0.100. The molecule has 0 aliphatic rings. The molecule has 2 heterocycles. The Morgan fingerprint density at radius 2 is 2.00 bits per heavy atom. The zero-order valence-electron chi connectivity index (χ0n) is 20.4. The van der Waals surface area contributed by atoms with Crippen LogP contribution in [0.5, 0.6) is 5.75 Å². The highest BCUT2D eigenvalue weighted by atomic mass is 35.5. The minimum atomic E-state index is -0.483. The zero-order valence-corrected chi connectivity index (χ0v) is 21.9. The van der Waals surface area contributed by atoms with Crippen LogP contribution in [0.1, 0.15) is 16.7 Å². The van der Waals surface area contributed by atoms with Gasteiger partial charge in [-0.15, -0.1) is 0 Å². The SMILES string of the molecule is COc1cccc(-c2nc(SCc3cccc(N(N)Cc4c[nH]c5ccc(Cl)cc45)c3)[nH]c(=O)c2C#N)c1. The summed E-state index contributed by atoms with van der Waals surface area (Å²) in [5.74, 6) is 7.58. The molecule has 0 unspecified atom stereocenters. The molecule has 0 fully saturated rings. The fraction of sp³-hybridized carbons (Fsp3) is 0.107. The number of rotatable bonds is 8. The lowest BCUT2D eigenvalue weighted by molar-refractivity contribution is 0.415. The van der Waals surface area contributed by atoms with E-state index in [9.17, 15) is 10.1 Å². The number of ether oxygens (including phenoxy) is 1. The molecule has 5 aromatic rings. The molecule has 0 spiro atoms. The normalized spacial score (nSPS) is 10.9. The molecule has 190 valence electrons. The van der Waals surface area contributed by atoms with Crippen LogP contribution in [-0.2, 0) is 12.3 Å². The van der Waals surface area contributed by atoms with Crippen molar-refractivity contribution in [3.05, 3.63) is 105 Å². The van der Waals surface area contributed by atoms with E-state index in [1.807, 2.05) is 54.7 Å². The predicted octanol–water partition coefficient (Wildman–Crippen LogP) is 5.62. The third-order valence-corrected chi connectivity index (χ3v) is 7.22. The molecule has 0 atom stereocenters. The number of H-pyrrole nitrogens is 2. The molecule has 0 saturated carbocycles. The fourth-order valence-corrected chi connectivity index (χ4v) is 5.11. The van der Waals surface area contributed by atoms with Crippen molar-refractivity contribution in [3.8, 4) is 23.1 Å². The van der Waals surface area contributed by atoms with Crippen LogP contribution in [0.4, 0.5) is 5.69 Å². The number of hydrogen-bond donors (Lipinski definition) is 3. The number of fused-ring (bicyclic) bond motifs is 1. The van der Waals surface area contributed by atoms with Crippen molar-refractivity contribution < 1.29 is 4.74 Å². The Balaban J connectivity index is 1.34. The van der Waals surface area contributed by atoms with E-state index in [0.29, 0.717) is 39.5 Å². The van der Waals surface area contributed by atoms with Crippen molar-refractivity contribution in [3.63, 3.8) is 0 Å².